The molecule has 0 aliphatic heterocycles. The monoisotopic (exact) mass is 349 g/mol. The van der Waals surface area contributed by atoms with Crippen molar-refractivity contribution in [3.63, 3.8) is 0 Å². The average Bonchev–Trinajstić information content (AvgIpc) is 3.05. The molecule has 6 heteroatoms. The van der Waals surface area contributed by atoms with E-state index in [-0.39, 0.29) is 36.2 Å². The third kappa shape index (κ3) is 4.23. The van der Waals surface area contributed by atoms with E-state index >= 15 is 0 Å². The van der Waals surface area contributed by atoms with Crippen molar-refractivity contribution in [1.82, 2.24) is 5.32 Å². The summed E-state index contributed by atoms with van der Waals surface area (Å²) in [5.41, 5.74) is 0. The third-order valence-corrected chi connectivity index (χ3v) is 5.94. The van der Waals surface area contributed by atoms with Gasteiger partial charge in [0.2, 0.25) is 0 Å². The molecular weight excluding hydrogens is 326 g/mol. The number of thiophene rings is 1. The number of ether oxygens (including phenoxy) is 1. The maximum absolute atomic E-state index is 12.2. The molecule has 2 aliphatic carbocycles. The van der Waals surface area contributed by atoms with Crippen LogP contribution in [0, 0.1) is 17.8 Å². The average molecular weight is 349 g/mol. The van der Waals surface area contributed by atoms with E-state index in [1.165, 1.54) is 4.88 Å². The second kappa shape index (κ2) is 7.92. The van der Waals surface area contributed by atoms with Gasteiger partial charge in [-0.1, -0.05) is 12.5 Å². The van der Waals surface area contributed by atoms with Gasteiger partial charge < -0.3 is 10.1 Å². The van der Waals surface area contributed by atoms with Gasteiger partial charge in [0.1, 0.15) is 5.78 Å². The van der Waals surface area contributed by atoms with E-state index in [0.717, 1.165) is 25.7 Å². The molecule has 5 nitrogen and oxygen atoms in total. The molecule has 0 radical (unpaired) electrons. The molecule has 2 bridgehead atoms. The summed E-state index contributed by atoms with van der Waals surface area (Å²) in [6.45, 7) is 0.308. The van der Waals surface area contributed by atoms with Gasteiger partial charge in [-0.3, -0.25) is 14.4 Å². The zero-order valence-electron chi connectivity index (χ0n) is 13.7. The van der Waals surface area contributed by atoms with Gasteiger partial charge in [-0.2, -0.15) is 0 Å². The van der Waals surface area contributed by atoms with Gasteiger partial charge in [0, 0.05) is 23.3 Å². The zero-order valence-corrected chi connectivity index (χ0v) is 14.5. The summed E-state index contributed by atoms with van der Waals surface area (Å²) in [5, 5.41) is 4.77. The lowest BCUT2D eigenvalue weighted by Gasteiger charge is -2.36. The normalized spacial score (nSPS) is 26.0. The molecule has 1 aromatic rings. The molecule has 0 saturated heterocycles. The van der Waals surface area contributed by atoms with Crippen molar-refractivity contribution in [2.75, 3.05) is 13.2 Å². The van der Waals surface area contributed by atoms with Crippen LogP contribution in [0.4, 0.5) is 0 Å². The number of fused-ring (bicyclic) bond motifs is 2. The van der Waals surface area contributed by atoms with Crippen molar-refractivity contribution in [3.8, 4) is 0 Å². The minimum atomic E-state index is -0.326. The Morgan fingerprint density at radius 3 is 2.67 bits per heavy atom. The topological polar surface area (TPSA) is 72.5 Å². The fourth-order valence-electron chi connectivity index (χ4n) is 3.76. The van der Waals surface area contributed by atoms with E-state index in [2.05, 4.69) is 5.32 Å². The molecule has 1 unspecified atom stereocenters. The predicted molar refractivity (Wildman–Crippen MR) is 90.6 cm³/mol. The summed E-state index contributed by atoms with van der Waals surface area (Å²) in [6.07, 6.45) is 4.83. The van der Waals surface area contributed by atoms with Crippen LogP contribution in [0.15, 0.2) is 17.5 Å². The Labute approximate surface area is 145 Å². The lowest BCUT2D eigenvalue weighted by molar-refractivity contribution is -0.156. The van der Waals surface area contributed by atoms with Crippen LogP contribution in [0.5, 0.6) is 0 Å². The molecule has 1 aromatic heterocycles. The Balaban J connectivity index is 1.37. The minimum Gasteiger partial charge on any atom is -0.455 e. The summed E-state index contributed by atoms with van der Waals surface area (Å²) in [4.78, 5) is 37.2. The standard InChI is InChI=1S/C18H23NO4S/c20-16(19-7-6-15-5-2-8-24-15)11-23-18(22)14-9-12-3-1-4-13(10-14)17(12)21/h2,5,8,12-14H,1,3-4,6-7,9-11H2,(H,19,20)/t12-,13+,14?. The van der Waals surface area contributed by atoms with Gasteiger partial charge in [0.15, 0.2) is 6.61 Å². The molecule has 2 saturated carbocycles. The van der Waals surface area contributed by atoms with Gasteiger partial charge in [-0.15, -0.1) is 11.3 Å². The summed E-state index contributed by atoms with van der Waals surface area (Å²) in [7, 11) is 0. The first-order valence-electron chi connectivity index (χ1n) is 8.63. The molecular formula is C18H23NO4S. The van der Waals surface area contributed by atoms with Gasteiger partial charge in [0.05, 0.1) is 5.92 Å². The van der Waals surface area contributed by atoms with Crippen LogP contribution >= 0.6 is 11.3 Å². The van der Waals surface area contributed by atoms with E-state index < -0.39 is 0 Å². The van der Waals surface area contributed by atoms with Crippen molar-refractivity contribution < 1.29 is 19.1 Å². The molecule has 0 spiro atoms. The number of carbonyl (C=O) groups is 3. The fourth-order valence-corrected chi connectivity index (χ4v) is 4.47. The van der Waals surface area contributed by atoms with Gasteiger partial charge >= 0.3 is 5.97 Å². The van der Waals surface area contributed by atoms with Crippen molar-refractivity contribution in [2.24, 2.45) is 17.8 Å². The van der Waals surface area contributed by atoms with Gasteiger partial charge in [0.25, 0.3) is 5.91 Å². The largest absolute Gasteiger partial charge is 0.455 e. The Kier molecular flexibility index (Phi) is 5.66. The van der Waals surface area contributed by atoms with Crippen molar-refractivity contribution >= 4 is 29.0 Å². The highest BCUT2D eigenvalue weighted by Crippen LogP contribution is 2.40. The van der Waals surface area contributed by atoms with E-state index in [4.69, 9.17) is 4.74 Å². The molecule has 24 heavy (non-hydrogen) atoms. The Morgan fingerprint density at radius 1 is 1.25 bits per heavy atom. The van der Waals surface area contributed by atoms with Crippen LogP contribution in [-0.2, 0) is 25.5 Å². The summed E-state index contributed by atoms with van der Waals surface area (Å²) in [5.74, 6) is -0.447. The van der Waals surface area contributed by atoms with Crippen molar-refractivity contribution in [3.05, 3.63) is 22.4 Å². The Bertz CT molecular complexity index is 582. The van der Waals surface area contributed by atoms with Gasteiger partial charge in [-0.05, 0) is 43.6 Å². The maximum atomic E-state index is 12.2. The first-order valence-corrected chi connectivity index (χ1v) is 9.51. The number of rotatable bonds is 6. The first-order chi connectivity index (χ1) is 11.6. The number of carbonyl (C=O) groups excluding carboxylic acids is 3. The smallest absolute Gasteiger partial charge is 0.309 e. The summed E-state index contributed by atoms with van der Waals surface area (Å²) in [6, 6.07) is 4.01. The van der Waals surface area contributed by atoms with E-state index in [9.17, 15) is 14.4 Å². The highest BCUT2D eigenvalue weighted by molar-refractivity contribution is 7.09. The predicted octanol–water partition coefficient (Wildman–Crippen LogP) is 2.35. The third-order valence-electron chi connectivity index (χ3n) is 5.00. The highest BCUT2D eigenvalue weighted by atomic mass is 32.1. The molecule has 2 aliphatic rings. The van der Waals surface area contributed by atoms with E-state index in [0.29, 0.717) is 25.2 Å². The Hall–Kier alpha value is -1.69. The number of hydrogen-bond donors (Lipinski definition) is 1. The van der Waals surface area contributed by atoms with Crippen LogP contribution in [0.2, 0.25) is 0 Å². The minimum absolute atomic E-state index is 0.0228. The second-order valence-corrected chi connectivity index (χ2v) is 7.71. The first kappa shape index (κ1) is 17.1. The Morgan fingerprint density at radius 2 is 2.00 bits per heavy atom. The molecule has 3 atom stereocenters. The SMILES string of the molecule is O=C(COC(=O)C1C[C@H]2CCC[C@@H](C1)C2=O)NCCc1cccs1. The molecule has 1 heterocycles. The van der Waals surface area contributed by atoms with Crippen LogP contribution in [-0.4, -0.2) is 30.8 Å². The lowest BCUT2D eigenvalue weighted by Crippen LogP contribution is -2.40. The van der Waals surface area contributed by atoms with Crippen LogP contribution in [0.3, 0.4) is 0 Å². The maximum Gasteiger partial charge on any atom is 0.309 e. The van der Waals surface area contributed by atoms with Crippen LogP contribution in [0.1, 0.15) is 37.0 Å². The molecule has 130 valence electrons. The second-order valence-electron chi connectivity index (χ2n) is 6.68. The molecule has 3 rings (SSSR count). The number of ketones is 1. The lowest BCUT2D eigenvalue weighted by atomic mass is 9.67. The summed E-state index contributed by atoms with van der Waals surface area (Å²) < 4.78 is 5.17. The van der Waals surface area contributed by atoms with Crippen LogP contribution in [0.25, 0.3) is 0 Å². The van der Waals surface area contributed by atoms with E-state index in [1.54, 1.807) is 11.3 Å². The molecule has 1 amide bonds. The molecule has 2 fully saturated rings. The number of nitrogens with one attached hydrogen (secondary N) is 1. The molecule has 1 N–H and O–H groups in total. The number of Topliss-reactive ketones (excluding diaryl/α,β-unsaturated/α-hetero) is 1. The fraction of sp³-hybridized carbons (Fsp3) is 0.611. The quantitative estimate of drug-likeness (QED) is 0.800. The van der Waals surface area contributed by atoms with E-state index in [1.807, 2.05) is 17.5 Å². The molecule has 0 aromatic carbocycles. The number of amides is 1. The van der Waals surface area contributed by atoms with Crippen LogP contribution < -0.4 is 5.32 Å². The number of esters is 1. The number of hydrogen-bond acceptors (Lipinski definition) is 5. The van der Waals surface area contributed by atoms with Crippen molar-refractivity contribution in [1.29, 1.82) is 0 Å². The summed E-state index contributed by atoms with van der Waals surface area (Å²) >= 11 is 1.66. The van der Waals surface area contributed by atoms with Crippen molar-refractivity contribution in [2.45, 2.75) is 38.5 Å². The highest BCUT2D eigenvalue weighted by Gasteiger charge is 2.41. The zero-order chi connectivity index (χ0) is 16.9. The van der Waals surface area contributed by atoms with Gasteiger partial charge in [-0.25, -0.2) is 0 Å².